The average molecular weight is 392 g/mol. The fourth-order valence-electron chi connectivity index (χ4n) is 2.29. The lowest BCUT2D eigenvalue weighted by molar-refractivity contribution is 0.0693. The molecule has 1 aromatic heterocycles. The van der Waals surface area contributed by atoms with Gasteiger partial charge in [-0.25, -0.2) is 4.79 Å². The highest BCUT2D eigenvalue weighted by Crippen LogP contribution is 2.29. The molecule has 1 amide bonds. The van der Waals surface area contributed by atoms with Gasteiger partial charge in [0.05, 0.1) is 0 Å². The van der Waals surface area contributed by atoms with Gasteiger partial charge < -0.3 is 19.9 Å². The van der Waals surface area contributed by atoms with E-state index in [9.17, 15) is 14.7 Å². The smallest absolute Gasteiger partial charge is 0.339 e. The molecule has 0 saturated heterocycles. The average Bonchev–Trinajstić information content (AvgIpc) is 3.05. The molecule has 6 nitrogen and oxygen atoms in total. The number of hydrogen-bond donors (Lipinski definition) is 3. The molecule has 3 rings (SSSR count). The summed E-state index contributed by atoms with van der Waals surface area (Å²) in [6.07, 6.45) is 0. The molecule has 8 heteroatoms. The Labute approximate surface area is 157 Å². The van der Waals surface area contributed by atoms with Crippen LogP contribution in [0, 0.1) is 0 Å². The number of halogens is 2. The fraction of sp³-hybridized carbons (Fsp3) is 0. The minimum Gasteiger partial charge on any atom is -0.507 e. The van der Waals surface area contributed by atoms with Crippen molar-refractivity contribution in [3.05, 3.63) is 69.9 Å². The minimum absolute atomic E-state index is 0.0149. The van der Waals surface area contributed by atoms with Gasteiger partial charge in [-0.1, -0.05) is 23.2 Å². The summed E-state index contributed by atoms with van der Waals surface area (Å²) in [5, 5.41) is 21.9. The number of carbonyl (C=O) groups excluding carboxylic acids is 1. The summed E-state index contributed by atoms with van der Waals surface area (Å²) in [4.78, 5) is 23.3. The van der Waals surface area contributed by atoms with Crippen molar-refractivity contribution in [1.82, 2.24) is 0 Å². The van der Waals surface area contributed by atoms with Crippen LogP contribution in [0.5, 0.6) is 5.75 Å². The van der Waals surface area contributed by atoms with Gasteiger partial charge in [-0.3, -0.25) is 4.79 Å². The van der Waals surface area contributed by atoms with E-state index in [1.165, 1.54) is 18.2 Å². The first-order valence-electron chi connectivity index (χ1n) is 7.27. The van der Waals surface area contributed by atoms with Crippen molar-refractivity contribution in [2.75, 3.05) is 5.32 Å². The molecular formula is C18H11Cl2NO5. The number of hydrogen-bond acceptors (Lipinski definition) is 4. The summed E-state index contributed by atoms with van der Waals surface area (Å²) in [5.74, 6) is -1.87. The van der Waals surface area contributed by atoms with Crippen molar-refractivity contribution in [3.63, 3.8) is 0 Å². The van der Waals surface area contributed by atoms with E-state index in [1.54, 1.807) is 24.3 Å². The highest BCUT2D eigenvalue weighted by atomic mass is 35.5. The standard InChI is InChI=1S/C18H11Cl2NO5/c19-10-5-9(6-11(20)7-10)15-3-4-16(26-15)17(23)21-12-1-2-14(22)13(8-12)18(24)25/h1-8,22H,(H,21,23)(H,24,25). The summed E-state index contributed by atoms with van der Waals surface area (Å²) >= 11 is 11.9. The zero-order chi connectivity index (χ0) is 18.8. The quantitative estimate of drug-likeness (QED) is 0.548. The maximum Gasteiger partial charge on any atom is 0.339 e. The summed E-state index contributed by atoms with van der Waals surface area (Å²) in [6, 6.07) is 11.6. The second-order valence-electron chi connectivity index (χ2n) is 5.31. The number of amides is 1. The Kier molecular flexibility index (Phi) is 4.88. The van der Waals surface area contributed by atoms with Crippen molar-refractivity contribution in [2.45, 2.75) is 0 Å². The van der Waals surface area contributed by atoms with Crippen LogP contribution in [-0.2, 0) is 0 Å². The largest absolute Gasteiger partial charge is 0.507 e. The Balaban J connectivity index is 1.82. The van der Waals surface area contributed by atoms with E-state index in [1.807, 2.05) is 0 Å². The SMILES string of the molecule is O=C(Nc1ccc(O)c(C(=O)O)c1)c1ccc(-c2cc(Cl)cc(Cl)c2)o1. The summed E-state index contributed by atoms with van der Waals surface area (Å²) < 4.78 is 5.52. The summed E-state index contributed by atoms with van der Waals surface area (Å²) in [5.41, 5.74) is 0.491. The number of aromatic hydroxyl groups is 1. The Morgan fingerprint density at radius 2 is 1.65 bits per heavy atom. The second kappa shape index (κ2) is 7.11. The van der Waals surface area contributed by atoms with Gasteiger partial charge >= 0.3 is 5.97 Å². The predicted octanol–water partition coefficient (Wildman–Crippen LogP) is 4.91. The molecule has 1 heterocycles. The number of aromatic carboxylic acids is 1. The third-order valence-electron chi connectivity index (χ3n) is 3.46. The molecule has 26 heavy (non-hydrogen) atoms. The second-order valence-corrected chi connectivity index (χ2v) is 6.19. The van der Waals surface area contributed by atoms with Crippen LogP contribution in [0.1, 0.15) is 20.9 Å². The van der Waals surface area contributed by atoms with Gasteiger partial charge in [0.2, 0.25) is 0 Å². The van der Waals surface area contributed by atoms with E-state index in [0.29, 0.717) is 21.4 Å². The third kappa shape index (κ3) is 3.82. The molecule has 2 aromatic carbocycles. The topological polar surface area (TPSA) is 99.8 Å². The highest BCUT2D eigenvalue weighted by Gasteiger charge is 2.15. The molecule has 132 valence electrons. The zero-order valence-electron chi connectivity index (χ0n) is 13.0. The number of phenols is 1. The minimum atomic E-state index is -1.31. The molecule has 0 spiro atoms. The van der Waals surface area contributed by atoms with Crippen LogP contribution in [0.4, 0.5) is 5.69 Å². The van der Waals surface area contributed by atoms with Gasteiger partial charge in [-0.2, -0.15) is 0 Å². The van der Waals surface area contributed by atoms with Crippen molar-refractivity contribution in [1.29, 1.82) is 0 Å². The van der Waals surface area contributed by atoms with Gasteiger partial charge in [0.1, 0.15) is 17.1 Å². The molecule has 3 aromatic rings. The summed E-state index contributed by atoms with van der Waals surface area (Å²) in [6.45, 7) is 0. The Morgan fingerprint density at radius 3 is 2.31 bits per heavy atom. The summed E-state index contributed by atoms with van der Waals surface area (Å²) in [7, 11) is 0. The molecule has 3 N–H and O–H groups in total. The van der Waals surface area contributed by atoms with Gasteiger partial charge in [0.25, 0.3) is 5.91 Å². The third-order valence-corrected chi connectivity index (χ3v) is 3.90. The molecule has 0 atom stereocenters. The van der Waals surface area contributed by atoms with Crippen molar-refractivity contribution in [3.8, 4) is 17.1 Å². The van der Waals surface area contributed by atoms with Gasteiger partial charge in [-0.05, 0) is 48.5 Å². The number of carboxylic acid groups (broad SMARTS) is 1. The van der Waals surface area contributed by atoms with Crippen LogP contribution < -0.4 is 5.32 Å². The van der Waals surface area contributed by atoms with Gasteiger partial charge in [0.15, 0.2) is 5.76 Å². The molecule has 0 fully saturated rings. The van der Waals surface area contributed by atoms with Crippen LogP contribution in [0.3, 0.4) is 0 Å². The Morgan fingerprint density at radius 1 is 0.962 bits per heavy atom. The molecule has 0 radical (unpaired) electrons. The van der Waals surface area contributed by atoms with Crippen molar-refractivity contribution >= 4 is 40.8 Å². The molecule has 0 aliphatic heterocycles. The normalized spacial score (nSPS) is 10.5. The van der Waals surface area contributed by atoms with Crippen LogP contribution in [0.25, 0.3) is 11.3 Å². The lowest BCUT2D eigenvalue weighted by Crippen LogP contribution is -2.11. The maximum absolute atomic E-state index is 12.3. The van der Waals surface area contributed by atoms with Crippen LogP contribution in [-0.4, -0.2) is 22.1 Å². The van der Waals surface area contributed by atoms with Crippen molar-refractivity contribution < 1.29 is 24.2 Å². The van der Waals surface area contributed by atoms with E-state index < -0.39 is 17.6 Å². The van der Waals surface area contributed by atoms with Gasteiger partial charge in [0, 0.05) is 21.3 Å². The molecule has 0 bridgehead atoms. The van der Waals surface area contributed by atoms with Crippen LogP contribution in [0.2, 0.25) is 10.0 Å². The number of carboxylic acids is 1. The number of anilines is 1. The first-order chi connectivity index (χ1) is 12.3. The first kappa shape index (κ1) is 17.8. The fourth-order valence-corrected chi connectivity index (χ4v) is 2.81. The number of carbonyl (C=O) groups is 2. The Bertz CT molecular complexity index is 992. The lowest BCUT2D eigenvalue weighted by atomic mass is 10.1. The van der Waals surface area contributed by atoms with E-state index in [4.69, 9.17) is 32.7 Å². The molecule has 0 aliphatic carbocycles. The Hall–Kier alpha value is -2.96. The number of furan rings is 1. The molecule has 0 saturated carbocycles. The van der Waals surface area contributed by atoms with E-state index in [-0.39, 0.29) is 17.0 Å². The molecule has 0 aliphatic rings. The first-order valence-corrected chi connectivity index (χ1v) is 8.03. The molecular weight excluding hydrogens is 381 g/mol. The molecule has 0 unspecified atom stereocenters. The number of nitrogens with one attached hydrogen (secondary N) is 1. The van der Waals surface area contributed by atoms with Crippen LogP contribution in [0.15, 0.2) is 52.9 Å². The van der Waals surface area contributed by atoms with E-state index >= 15 is 0 Å². The number of rotatable bonds is 4. The maximum atomic E-state index is 12.3. The number of benzene rings is 2. The lowest BCUT2D eigenvalue weighted by Gasteiger charge is -2.06. The predicted molar refractivity (Wildman–Crippen MR) is 97.2 cm³/mol. The highest BCUT2D eigenvalue weighted by molar-refractivity contribution is 6.35. The van der Waals surface area contributed by atoms with E-state index in [0.717, 1.165) is 6.07 Å². The zero-order valence-corrected chi connectivity index (χ0v) is 14.5. The van der Waals surface area contributed by atoms with Crippen LogP contribution >= 0.6 is 23.2 Å². The van der Waals surface area contributed by atoms with E-state index in [2.05, 4.69) is 5.32 Å². The van der Waals surface area contributed by atoms with Gasteiger partial charge in [-0.15, -0.1) is 0 Å². The van der Waals surface area contributed by atoms with Crippen molar-refractivity contribution in [2.24, 2.45) is 0 Å². The monoisotopic (exact) mass is 391 g/mol.